The first-order valence-corrected chi connectivity index (χ1v) is 14.3. The van der Waals surface area contributed by atoms with Crippen LogP contribution in [0.1, 0.15) is 18.9 Å². The number of benzene rings is 5. The van der Waals surface area contributed by atoms with Gasteiger partial charge in [-0.2, -0.15) is 0 Å². The summed E-state index contributed by atoms with van der Waals surface area (Å²) >= 11 is 1.88. The highest BCUT2D eigenvalue weighted by Gasteiger charge is 2.26. The molecule has 2 heteroatoms. The van der Waals surface area contributed by atoms with Gasteiger partial charge in [-0.1, -0.05) is 116 Å². The third-order valence-electron chi connectivity index (χ3n) is 7.90. The number of para-hydroxylation sites is 1. The number of anilines is 2. The molecular weight excluding hydrogens is 490 g/mol. The van der Waals surface area contributed by atoms with Gasteiger partial charge in [0, 0.05) is 42.7 Å². The summed E-state index contributed by atoms with van der Waals surface area (Å²) in [6, 6.07) is 45.9. The molecule has 0 amide bonds. The fourth-order valence-corrected chi connectivity index (χ4v) is 6.95. The Hall–Kier alpha value is -4.40. The van der Waals surface area contributed by atoms with Gasteiger partial charge in [-0.15, -0.1) is 11.3 Å². The highest BCUT2D eigenvalue weighted by molar-refractivity contribution is 7.26. The molecule has 188 valence electrons. The van der Waals surface area contributed by atoms with Gasteiger partial charge in [-0.25, -0.2) is 0 Å². The minimum absolute atomic E-state index is 0.0000925. The molecular formula is C37H29NS. The van der Waals surface area contributed by atoms with E-state index in [1.165, 1.54) is 42.6 Å². The molecule has 1 atom stereocenters. The van der Waals surface area contributed by atoms with Crippen molar-refractivity contribution in [1.82, 2.24) is 0 Å². The van der Waals surface area contributed by atoms with E-state index >= 15 is 0 Å². The molecule has 1 aliphatic carbocycles. The number of allylic oxidation sites excluding steroid dienone is 3. The van der Waals surface area contributed by atoms with Crippen LogP contribution in [0.15, 0.2) is 151 Å². The monoisotopic (exact) mass is 519 g/mol. The largest absolute Gasteiger partial charge is 0.311 e. The van der Waals surface area contributed by atoms with Crippen LogP contribution >= 0.6 is 11.3 Å². The lowest BCUT2D eigenvalue weighted by molar-refractivity contribution is 0.595. The number of hydrogen-bond donors (Lipinski definition) is 0. The Morgan fingerprint density at radius 3 is 2.05 bits per heavy atom. The van der Waals surface area contributed by atoms with Crippen molar-refractivity contribution in [3.8, 4) is 11.1 Å². The zero-order valence-electron chi connectivity index (χ0n) is 21.9. The average Bonchev–Trinajstić information content (AvgIpc) is 3.39. The zero-order chi connectivity index (χ0) is 26.2. The van der Waals surface area contributed by atoms with Gasteiger partial charge in [0.25, 0.3) is 0 Å². The summed E-state index contributed by atoms with van der Waals surface area (Å²) in [6.07, 6.45) is 7.99. The molecule has 0 spiro atoms. The van der Waals surface area contributed by atoms with Gasteiger partial charge in [0.05, 0.1) is 0 Å². The van der Waals surface area contributed by atoms with E-state index in [1.807, 2.05) is 11.3 Å². The minimum atomic E-state index is -0.0000925. The van der Waals surface area contributed by atoms with E-state index in [0.717, 1.165) is 17.8 Å². The number of rotatable bonds is 5. The van der Waals surface area contributed by atoms with E-state index < -0.39 is 0 Å². The van der Waals surface area contributed by atoms with Crippen LogP contribution in [0.3, 0.4) is 0 Å². The van der Waals surface area contributed by atoms with E-state index in [-0.39, 0.29) is 5.41 Å². The normalized spacial score (nSPS) is 16.9. The molecule has 0 radical (unpaired) electrons. The Morgan fingerprint density at radius 1 is 0.641 bits per heavy atom. The average molecular weight is 520 g/mol. The van der Waals surface area contributed by atoms with Crippen LogP contribution in [0.5, 0.6) is 0 Å². The van der Waals surface area contributed by atoms with Crippen molar-refractivity contribution in [2.45, 2.75) is 18.8 Å². The molecule has 0 saturated carbocycles. The second kappa shape index (κ2) is 9.72. The third-order valence-corrected chi connectivity index (χ3v) is 9.12. The van der Waals surface area contributed by atoms with Crippen LogP contribution in [-0.4, -0.2) is 0 Å². The van der Waals surface area contributed by atoms with Crippen molar-refractivity contribution < 1.29 is 0 Å². The maximum atomic E-state index is 2.38. The summed E-state index contributed by atoms with van der Waals surface area (Å²) in [7, 11) is 0. The van der Waals surface area contributed by atoms with Crippen molar-refractivity contribution >= 4 is 42.9 Å². The van der Waals surface area contributed by atoms with Gasteiger partial charge < -0.3 is 4.90 Å². The van der Waals surface area contributed by atoms with Gasteiger partial charge in [-0.05, 0) is 59.5 Å². The molecule has 0 saturated heterocycles. The van der Waals surface area contributed by atoms with Gasteiger partial charge in [0.15, 0.2) is 0 Å². The number of hydrogen-bond acceptors (Lipinski definition) is 2. The molecule has 0 bridgehead atoms. The second-order valence-corrected chi connectivity index (χ2v) is 11.5. The summed E-state index contributed by atoms with van der Waals surface area (Å²) in [5, 5.41) is 2.67. The standard InChI is InChI=1S/C37H29NS/c1-37(28-11-4-2-5-12-28)25-23-31(24-26-37)38(29-13-6-3-7-14-29)30-21-19-27(20-22-30)32-16-10-17-34-33-15-8-9-18-35(33)39-36(32)34/h2-25H,26H2,1H3. The summed E-state index contributed by atoms with van der Waals surface area (Å²) in [4.78, 5) is 2.37. The number of thiophene rings is 1. The molecule has 1 heterocycles. The molecule has 1 unspecified atom stereocenters. The van der Waals surface area contributed by atoms with E-state index in [1.54, 1.807) is 0 Å². The fourth-order valence-electron chi connectivity index (χ4n) is 5.71. The topological polar surface area (TPSA) is 3.24 Å². The minimum Gasteiger partial charge on any atom is -0.311 e. The lowest BCUT2D eigenvalue weighted by atomic mass is 9.77. The van der Waals surface area contributed by atoms with Crippen LogP contribution in [0.4, 0.5) is 11.4 Å². The number of nitrogens with zero attached hydrogens (tertiary/aromatic N) is 1. The fraction of sp³-hybridized carbons (Fsp3) is 0.0811. The summed E-state index contributed by atoms with van der Waals surface area (Å²) < 4.78 is 2.69. The van der Waals surface area contributed by atoms with Crippen LogP contribution in [0.25, 0.3) is 31.3 Å². The van der Waals surface area contributed by atoms with Crippen molar-refractivity contribution in [3.63, 3.8) is 0 Å². The lowest BCUT2D eigenvalue weighted by Crippen LogP contribution is -2.24. The van der Waals surface area contributed by atoms with Gasteiger partial charge in [0.1, 0.15) is 0 Å². The highest BCUT2D eigenvalue weighted by Crippen LogP contribution is 2.42. The molecule has 0 N–H and O–H groups in total. The Morgan fingerprint density at radius 2 is 1.31 bits per heavy atom. The predicted molar refractivity (Wildman–Crippen MR) is 169 cm³/mol. The second-order valence-electron chi connectivity index (χ2n) is 10.4. The van der Waals surface area contributed by atoms with Gasteiger partial charge in [0.2, 0.25) is 0 Å². The first kappa shape index (κ1) is 23.7. The summed E-state index contributed by atoms with van der Waals surface area (Å²) in [5.41, 5.74) is 7.41. The molecule has 1 nitrogen and oxygen atoms in total. The summed E-state index contributed by atoms with van der Waals surface area (Å²) in [5.74, 6) is 0. The van der Waals surface area contributed by atoms with E-state index in [2.05, 4.69) is 157 Å². The van der Waals surface area contributed by atoms with Crippen LogP contribution < -0.4 is 4.90 Å². The molecule has 5 aromatic carbocycles. The molecule has 0 fully saturated rings. The summed E-state index contributed by atoms with van der Waals surface area (Å²) in [6.45, 7) is 2.32. The van der Waals surface area contributed by atoms with E-state index in [9.17, 15) is 0 Å². The molecule has 1 aliphatic rings. The Balaban J connectivity index is 1.26. The van der Waals surface area contributed by atoms with E-state index in [4.69, 9.17) is 0 Å². The van der Waals surface area contributed by atoms with Gasteiger partial charge >= 0.3 is 0 Å². The molecule has 0 aliphatic heterocycles. The van der Waals surface area contributed by atoms with E-state index in [0.29, 0.717) is 0 Å². The van der Waals surface area contributed by atoms with Crippen LogP contribution in [0.2, 0.25) is 0 Å². The molecule has 7 rings (SSSR count). The van der Waals surface area contributed by atoms with Crippen molar-refractivity contribution in [2.75, 3.05) is 4.90 Å². The lowest BCUT2D eigenvalue weighted by Gasteiger charge is -2.33. The van der Waals surface area contributed by atoms with Gasteiger partial charge in [-0.3, -0.25) is 0 Å². The third kappa shape index (κ3) is 4.27. The zero-order valence-corrected chi connectivity index (χ0v) is 22.7. The molecule has 39 heavy (non-hydrogen) atoms. The van der Waals surface area contributed by atoms with Crippen LogP contribution in [-0.2, 0) is 5.41 Å². The smallest absolute Gasteiger partial charge is 0.0461 e. The first-order valence-electron chi connectivity index (χ1n) is 13.5. The SMILES string of the molecule is CC1(c2ccccc2)C=CC(N(c2ccccc2)c2ccc(-c3cccc4c3sc3ccccc34)cc2)=CC1. The van der Waals surface area contributed by atoms with Crippen molar-refractivity contribution in [1.29, 1.82) is 0 Å². The molecule has 6 aromatic rings. The Kier molecular flexibility index (Phi) is 5.91. The predicted octanol–water partition coefficient (Wildman–Crippen LogP) is 10.7. The van der Waals surface area contributed by atoms with Crippen molar-refractivity contribution in [3.05, 3.63) is 157 Å². The Bertz CT molecular complexity index is 1830. The first-order chi connectivity index (χ1) is 19.2. The Labute approximate surface area is 234 Å². The van der Waals surface area contributed by atoms with Crippen LogP contribution in [0, 0.1) is 0 Å². The number of fused-ring (bicyclic) bond motifs is 3. The molecule has 1 aromatic heterocycles. The quantitative estimate of drug-likeness (QED) is 0.219. The maximum absolute atomic E-state index is 2.38. The highest BCUT2D eigenvalue weighted by atomic mass is 32.1. The maximum Gasteiger partial charge on any atom is 0.0461 e. The van der Waals surface area contributed by atoms with Crippen molar-refractivity contribution in [2.24, 2.45) is 0 Å².